The lowest BCUT2D eigenvalue weighted by atomic mass is 10.1. The molecule has 8 heteroatoms. The summed E-state index contributed by atoms with van der Waals surface area (Å²) in [5.41, 5.74) is 0.823. The Kier molecular flexibility index (Phi) is 6.10. The molecule has 2 aromatic rings. The third kappa shape index (κ3) is 4.40. The fourth-order valence-corrected chi connectivity index (χ4v) is 3.67. The molecule has 0 radical (unpaired) electrons. The topological polar surface area (TPSA) is 96.0 Å². The van der Waals surface area contributed by atoms with Gasteiger partial charge in [0.15, 0.2) is 10.9 Å². The second-order valence-electron chi connectivity index (χ2n) is 6.16. The number of benzene rings is 2. The standard InChI is InChI=1S/C20H19N3O4S/c1-2-3-11-22-19(25)18(28-20(22)21-15-7-5-4-6-8-15)13-14-9-10-17(24)16(12-14)23(26)27/h4-10,12-13,24H,2-3,11H2,1H3/b18-13-,21-20?. The summed E-state index contributed by atoms with van der Waals surface area (Å²) in [5.74, 6) is -0.586. The van der Waals surface area contributed by atoms with E-state index in [9.17, 15) is 20.0 Å². The molecule has 1 aliphatic heterocycles. The molecular formula is C20H19N3O4S. The first kappa shape index (κ1) is 19.6. The van der Waals surface area contributed by atoms with Crippen molar-refractivity contribution in [3.63, 3.8) is 0 Å². The second-order valence-corrected chi connectivity index (χ2v) is 7.17. The van der Waals surface area contributed by atoms with E-state index in [2.05, 4.69) is 4.99 Å². The Morgan fingerprint density at radius 1 is 1.25 bits per heavy atom. The molecule has 0 atom stereocenters. The number of nitrogens with zero attached hydrogens (tertiary/aromatic N) is 3. The van der Waals surface area contributed by atoms with Crippen molar-refractivity contribution in [2.24, 2.45) is 4.99 Å². The van der Waals surface area contributed by atoms with Crippen molar-refractivity contribution in [2.75, 3.05) is 6.54 Å². The van der Waals surface area contributed by atoms with Gasteiger partial charge in [-0.05, 0) is 48.0 Å². The molecule has 0 spiro atoms. The Hall–Kier alpha value is -3.13. The highest BCUT2D eigenvalue weighted by atomic mass is 32.2. The van der Waals surface area contributed by atoms with Crippen molar-refractivity contribution >= 4 is 40.3 Å². The molecule has 0 aliphatic carbocycles. The molecule has 1 heterocycles. The van der Waals surface area contributed by atoms with Crippen LogP contribution in [0, 0.1) is 10.1 Å². The van der Waals surface area contributed by atoms with E-state index >= 15 is 0 Å². The average molecular weight is 397 g/mol. The number of phenols is 1. The van der Waals surface area contributed by atoms with Crippen molar-refractivity contribution in [1.82, 2.24) is 4.90 Å². The summed E-state index contributed by atoms with van der Waals surface area (Å²) < 4.78 is 0. The molecule has 2 aromatic carbocycles. The molecule has 1 amide bonds. The Morgan fingerprint density at radius 2 is 2.00 bits per heavy atom. The molecule has 1 fully saturated rings. The zero-order chi connectivity index (χ0) is 20.1. The molecule has 1 aliphatic rings. The van der Waals surface area contributed by atoms with Crippen LogP contribution in [0.3, 0.4) is 0 Å². The van der Waals surface area contributed by atoms with Gasteiger partial charge < -0.3 is 5.11 Å². The van der Waals surface area contributed by atoms with Crippen molar-refractivity contribution in [3.05, 3.63) is 69.1 Å². The van der Waals surface area contributed by atoms with Gasteiger partial charge in [-0.25, -0.2) is 4.99 Å². The number of phenolic OH excluding ortho intramolecular Hbond substituents is 1. The van der Waals surface area contributed by atoms with Gasteiger partial charge in [-0.2, -0.15) is 0 Å². The predicted octanol–water partition coefficient (Wildman–Crippen LogP) is 4.70. The van der Waals surface area contributed by atoms with E-state index in [4.69, 9.17) is 0 Å². The number of rotatable bonds is 6. The third-order valence-electron chi connectivity index (χ3n) is 4.10. The molecule has 0 unspecified atom stereocenters. The van der Waals surface area contributed by atoms with Crippen molar-refractivity contribution in [3.8, 4) is 5.75 Å². The maximum atomic E-state index is 12.9. The molecule has 1 saturated heterocycles. The van der Waals surface area contributed by atoms with Gasteiger partial charge in [0.25, 0.3) is 5.91 Å². The molecule has 0 saturated carbocycles. The quantitative estimate of drug-likeness (QED) is 0.433. The SMILES string of the molecule is CCCCN1C(=O)/C(=C/c2ccc(O)c([N+](=O)[O-])c2)SC1=Nc1ccccc1. The van der Waals surface area contributed by atoms with Crippen LogP contribution in [0.15, 0.2) is 58.4 Å². The molecular weight excluding hydrogens is 378 g/mol. The van der Waals surface area contributed by atoms with E-state index < -0.39 is 16.4 Å². The zero-order valence-corrected chi connectivity index (χ0v) is 16.1. The van der Waals surface area contributed by atoms with Gasteiger partial charge >= 0.3 is 5.69 Å². The van der Waals surface area contributed by atoms with Crippen LogP contribution in [0.1, 0.15) is 25.3 Å². The normalized spacial score (nSPS) is 16.9. The van der Waals surface area contributed by atoms with Crippen LogP contribution in [0.2, 0.25) is 0 Å². The summed E-state index contributed by atoms with van der Waals surface area (Å²) >= 11 is 1.24. The Labute approximate surface area is 166 Å². The number of hydrogen-bond acceptors (Lipinski definition) is 6. The first-order valence-electron chi connectivity index (χ1n) is 8.82. The Balaban J connectivity index is 1.95. The number of carbonyl (C=O) groups excluding carboxylic acids is 1. The number of hydrogen-bond donors (Lipinski definition) is 1. The molecule has 7 nitrogen and oxygen atoms in total. The van der Waals surface area contributed by atoms with Crippen molar-refractivity contribution < 1.29 is 14.8 Å². The van der Waals surface area contributed by atoms with Gasteiger partial charge in [-0.1, -0.05) is 37.6 Å². The average Bonchev–Trinajstić information content (AvgIpc) is 2.96. The van der Waals surface area contributed by atoms with Gasteiger partial charge in [0.1, 0.15) is 0 Å². The van der Waals surface area contributed by atoms with Crippen LogP contribution in [0.5, 0.6) is 5.75 Å². The highest BCUT2D eigenvalue weighted by Crippen LogP contribution is 2.35. The summed E-state index contributed by atoms with van der Waals surface area (Å²) in [6, 6.07) is 13.4. The van der Waals surface area contributed by atoms with E-state index in [0.29, 0.717) is 22.2 Å². The van der Waals surface area contributed by atoms with Crippen LogP contribution in [-0.2, 0) is 4.79 Å². The number of thioether (sulfide) groups is 1. The van der Waals surface area contributed by atoms with Gasteiger partial charge in [-0.15, -0.1) is 0 Å². The van der Waals surface area contributed by atoms with Gasteiger partial charge in [0, 0.05) is 12.6 Å². The number of amidine groups is 1. The molecule has 1 N–H and O–H groups in total. The highest BCUT2D eigenvalue weighted by Gasteiger charge is 2.33. The number of amides is 1. The molecule has 0 bridgehead atoms. The lowest BCUT2D eigenvalue weighted by Gasteiger charge is -2.14. The number of unbranched alkanes of at least 4 members (excludes halogenated alkanes) is 1. The summed E-state index contributed by atoms with van der Waals surface area (Å²) in [6.07, 6.45) is 3.38. The minimum atomic E-state index is -0.656. The highest BCUT2D eigenvalue weighted by molar-refractivity contribution is 8.18. The maximum Gasteiger partial charge on any atom is 0.311 e. The number of nitro benzene ring substituents is 1. The molecule has 3 rings (SSSR count). The Bertz CT molecular complexity index is 957. The number of aliphatic imine (C=N–C) groups is 1. The number of para-hydroxylation sites is 1. The van der Waals surface area contributed by atoms with Gasteiger partial charge in [0.05, 0.1) is 15.5 Å². The Morgan fingerprint density at radius 3 is 2.68 bits per heavy atom. The van der Waals surface area contributed by atoms with E-state index in [0.717, 1.165) is 18.5 Å². The second kappa shape index (κ2) is 8.71. The fraction of sp³-hybridized carbons (Fsp3) is 0.200. The van der Waals surface area contributed by atoms with Crippen molar-refractivity contribution in [2.45, 2.75) is 19.8 Å². The van der Waals surface area contributed by atoms with E-state index in [1.807, 2.05) is 37.3 Å². The minimum absolute atomic E-state index is 0.177. The molecule has 28 heavy (non-hydrogen) atoms. The predicted molar refractivity (Wildman–Crippen MR) is 110 cm³/mol. The van der Waals surface area contributed by atoms with Crippen LogP contribution in [0.4, 0.5) is 11.4 Å². The third-order valence-corrected chi connectivity index (χ3v) is 5.10. The smallest absolute Gasteiger partial charge is 0.311 e. The number of nitro groups is 1. The van der Waals surface area contributed by atoms with Crippen LogP contribution in [0.25, 0.3) is 6.08 Å². The maximum absolute atomic E-state index is 12.9. The van der Waals surface area contributed by atoms with Crippen LogP contribution in [-0.4, -0.2) is 32.5 Å². The minimum Gasteiger partial charge on any atom is -0.502 e. The molecule has 0 aromatic heterocycles. The van der Waals surface area contributed by atoms with Gasteiger partial charge in [0.2, 0.25) is 0 Å². The van der Waals surface area contributed by atoms with E-state index in [1.54, 1.807) is 11.0 Å². The lowest BCUT2D eigenvalue weighted by molar-refractivity contribution is -0.385. The molecule has 144 valence electrons. The summed E-state index contributed by atoms with van der Waals surface area (Å²) in [7, 11) is 0. The van der Waals surface area contributed by atoms with Crippen molar-refractivity contribution in [1.29, 1.82) is 0 Å². The van der Waals surface area contributed by atoms with Crippen LogP contribution >= 0.6 is 11.8 Å². The number of carbonyl (C=O) groups is 1. The zero-order valence-electron chi connectivity index (χ0n) is 15.2. The lowest BCUT2D eigenvalue weighted by Crippen LogP contribution is -2.30. The largest absolute Gasteiger partial charge is 0.502 e. The van der Waals surface area contributed by atoms with Crippen LogP contribution < -0.4 is 0 Å². The summed E-state index contributed by atoms with van der Waals surface area (Å²) in [6.45, 7) is 2.61. The summed E-state index contributed by atoms with van der Waals surface area (Å²) in [4.78, 5) is 29.9. The van der Waals surface area contributed by atoms with E-state index in [-0.39, 0.29) is 5.91 Å². The van der Waals surface area contributed by atoms with Gasteiger partial charge in [-0.3, -0.25) is 19.8 Å². The first-order chi connectivity index (χ1) is 13.5. The summed E-state index contributed by atoms with van der Waals surface area (Å²) in [5, 5.41) is 21.2. The first-order valence-corrected chi connectivity index (χ1v) is 9.64. The fourth-order valence-electron chi connectivity index (χ4n) is 2.65. The monoisotopic (exact) mass is 397 g/mol. The van der Waals surface area contributed by atoms with E-state index in [1.165, 1.54) is 30.0 Å². The number of aromatic hydroxyl groups is 1.